The van der Waals surface area contributed by atoms with Gasteiger partial charge in [0, 0.05) is 18.7 Å². The van der Waals surface area contributed by atoms with Crippen LogP contribution in [0.2, 0.25) is 0 Å². The third-order valence-electron chi connectivity index (χ3n) is 4.38. The fraction of sp³-hybridized carbons (Fsp3) is 0.235. The van der Waals surface area contributed by atoms with Crippen molar-refractivity contribution in [2.75, 3.05) is 29.4 Å². The smallest absolute Gasteiger partial charge is 0.182 e. The van der Waals surface area contributed by atoms with E-state index in [1.54, 1.807) is 0 Å². The number of Topliss-reactive ketones (excluding diaryl/α,β-unsaturated/α-hetero) is 1. The molecule has 2 aromatic rings. The number of benzene rings is 2. The standard InChI is InChI=1S/C17H17N3O3.BrH/c21-14-6-5-11(9-15(14)22)16(23)10-20-13-4-2-1-3-12(13)19-8-7-18-17(19)20;/h1-6,9,17-18,21-22H,7-8,10H2;1H/p-1. The summed E-state index contributed by atoms with van der Waals surface area (Å²) in [5.41, 5.74) is 2.54. The monoisotopic (exact) mass is 390 g/mol. The number of nitrogens with one attached hydrogen (secondary N) is 1. The maximum Gasteiger partial charge on any atom is 0.182 e. The maximum absolute atomic E-state index is 12.6. The summed E-state index contributed by atoms with van der Waals surface area (Å²) in [6.45, 7) is 1.99. The molecule has 2 aromatic carbocycles. The Kier molecular flexibility index (Phi) is 4.38. The van der Waals surface area contributed by atoms with E-state index in [1.165, 1.54) is 18.2 Å². The molecule has 0 bridgehead atoms. The molecule has 0 saturated carbocycles. The number of nitrogens with zero attached hydrogens (tertiary/aromatic N) is 2. The summed E-state index contributed by atoms with van der Waals surface area (Å²) in [6, 6.07) is 12.2. The topological polar surface area (TPSA) is 76.0 Å². The van der Waals surface area contributed by atoms with Crippen LogP contribution in [-0.4, -0.2) is 41.9 Å². The number of phenols is 2. The number of fused-ring (bicyclic) bond motifs is 3. The Morgan fingerprint density at radius 1 is 1.12 bits per heavy atom. The Labute approximate surface area is 150 Å². The molecule has 0 amide bonds. The molecule has 4 rings (SSSR count). The quantitative estimate of drug-likeness (QED) is 0.437. The van der Waals surface area contributed by atoms with Gasteiger partial charge in [0.15, 0.2) is 23.6 Å². The van der Waals surface area contributed by atoms with Gasteiger partial charge in [-0.05, 0) is 30.3 Å². The second kappa shape index (κ2) is 6.33. The average molecular weight is 391 g/mol. The van der Waals surface area contributed by atoms with Crippen LogP contribution in [0.15, 0.2) is 42.5 Å². The number of carbonyl (C=O) groups excluding carboxylic acids is 1. The van der Waals surface area contributed by atoms with Gasteiger partial charge in [-0.15, -0.1) is 0 Å². The van der Waals surface area contributed by atoms with E-state index < -0.39 is 0 Å². The van der Waals surface area contributed by atoms with Crippen LogP contribution >= 0.6 is 0 Å². The lowest BCUT2D eigenvalue weighted by atomic mass is 10.1. The molecule has 1 fully saturated rings. The third-order valence-corrected chi connectivity index (χ3v) is 4.38. The molecule has 6 nitrogen and oxygen atoms in total. The summed E-state index contributed by atoms with van der Waals surface area (Å²) in [7, 11) is 0. The van der Waals surface area contributed by atoms with E-state index in [-0.39, 0.29) is 47.1 Å². The van der Waals surface area contributed by atoms with Crippen LogP contribution in [0.3, 0.4) is 0 Å². The van der Waals surface area contributed by atoms with Crippen molar-refractivity contribution in [2.24, 2.45) is 0 Å². The van der Waals surface area contributed by atoms with Gasteiger partial charge in [-0.3, -0.25) is 10.1 Å². The third kappa shape index (κ3) is 2.59. The number of anilines is 2. The van der Waals surface area contributed by atoms with Crippen molar-refractivity contribution in [1.29, 1.82) is 0 Å². The number of halogens is 1. The number of aromatic hydroxyl groups is 2. The molecule has 0 aromatic heterocycles. The van der Waals surface area contributed by atoms with Crippen molar-refractivity contribution in [3.63, 3.8) is 0 Å². The molecule has 1 saturated heterocycles. The Morgan fingerprint density at radius 3 is 2.62 bits per heavy atom. The van der Waals surface area contributed by atoms with Crippen molar-refractivity contribution >= 4 is 17.2 Å². The lowest BCUT2D eigenvalue weighted by Gasteiger charge is -2.26. The first-order valence-electron chi connectivity index (χ1n) is 7.56. The number of ketones is 1. The van der Waals surface area contributed by atoms with Crippen molar-refractivity contribution in [1.82, 2.24) is 5.32 Å². The molecule has 7 heteroatoms. The summed E-state index contributed by atoms with van der Waals surface area (Å²) in [6.07, 6.45) is -0.0120. The van der Waals surface area contributed by atoms with E-state index in [0.717, 1.165) is 24.5 Å². The summed E-state index contributed by atoms with van der Waals surface area (Å²) in [4.78, 5) is 16.9. The van der Waals surface area contributed by atoms with Crippen LogP contribution in [-0.2, 0) is 0 Å². The molecule has 2 aliphatic rings. The van der Waals surface area contributed by atoms with Crippen LogP contribution in [0, 0.1) is 0 Å². The van der Waals surface area contributed by atoms with Gasteiger partial charge in [-0.2, -0.15) is 0 Å². The summed E-state index contributed by atoms with van der Waals surface area (Å²) in [5.74, 6) is -0.611. The van der Waals surface area contributed by atoms with Gasteiger partial charge in [0.2, 0.25) is 0 Å². The minimum absolute atomic E-state index is 0. The van der Waals surface area contributed by atoms with E-state index in [4.69, 9.17) is 0 Å². The number of hydrogen-bond donors (Lipinski definition) is 3. The first-order valence-corrected chi connectivity index (χ1v) is 7.56. The van der Waals surface area contributed by atoms with Gasteiger partial charge >= 0.3 is 0 Å². The number of rotatable bonds is 3. The SMILES string of the molecule is O=C(CN1c2ccccc2N2CCNC21)c1ccc(O)c(O)c1.[Br-]. The largest absolute Gasteiger partial charge is 1.00 e. The van der Waals surface area contributed by atoms with Crippen molar-refractivity contribution in [3.05, 3.63) is 48.0 Å². The van der Waals surface area contributed by atoms with Crippen LogP contribution in [0.25, 0.3) is 0 Å². The highest BCUT2D eigenvalue weighted by Gasteiger charge is 2.39. The van der Waals surface area contributed by atoms with Crippen molar-refractivity contribution < 1.29 is 32.0 Å². The van der Waals surface area contributed by atoms with Gasteiger partial charge in [0.05, 0.1) is 17.9 Å². The zero-order valence-electron chi connectivity index (χ0n) is 12.8. The van der Waals surface area contributed by atoms with Gasteiger partial charge in [-0.1, -0.05) is 12.1 Å². The predicted octanol–water partition coefficient (Wildman–Crippen LogP) is -1.50. The first-order chi connectivity index (χ1) is 11.1. The molecule has 126 valence electrons. The Balaban J connectivity index is 0.00000169. The molecule has 3 N–H and O–H groups in total. The molecule has 0 aliphatic carbocycles. The van der Waals surface area contributed by atoms with Crippen LogP contribution < -0.4 is 32.1 Å². The highest BCUT2D eigenvalue weighted by molar-refractivity contribution is 6.01. The van der Waals surface area contributed by atoms with E-state index in [9.17, 15) is 15.0 Å². The maximum atomic E-state index is 12.6. The molecule has 2 aliphatic heterocycles. The lowest BCUT2D eigenvalue weighted by Crippen LogP contribution is -3.00. The van der Waals surface area contributed by atoms with Crippen molar-refractivity contribution in [3.8, 4) is 11.5 Å². The predicted molar refractivity (Wildman–Crippen MR) is 87.0 cm³/mol. The van der Waals surface area contributed by atoms with E-state index in [0.29, 0.717) is 5.56 Å². The molecule has 1 atom stereocenters. The van der Waals surface area contributed by atoms with E-state index >= 15 is 0 Å². The van der Waals surface area contributed by atoms with Gasteiger partial charge in [0.25, 0.3) is 0 Å². The molecule has 2 heterocycles. The van der Waals surface area contributed by atoms with Crippen LogP contribution in [0.1, 0.15) is 10.4 Å². The second-order valence-electron chi connectivity index (χ2n) is 5.76. The van der Waals surface area contributed by atoms with Gasteiger partial charge in [-0.25, -0.2) is 0 Å². The molecular weight excluding hydrogens is 374 g/mol. The fourth-order valence-corrected chi connectivity index (χ4v) is 3.27. The molecular formula is C17H17BrN3O3-. The number of phenolic OH excluding ortho intramolecular Hbond substituents is 2. The van der Waals surface area contributed by atoms with E-state index in [1.807, 2.05) is 23.1 Å². The summed E-state index contributed by atoms with van der Waals surface area (Å²) in [5, 5.41) is 22.4. The number of hydrogen-bond acceptors (Lipinski definition) is 6. The molecule has 0 spiro atoms. The Morgan fingerprint density at radius 2 is 1.88 bits per heavy atom. The van der Waals surface area contributed by atoms with Crippen LogP contribution in [0.4, 0.5) is 11.4 Å². The highest BCUT2D eigenvalue weighted by atomic mass is 79.9. The minimum Gasteiger partial charge on any atom is -1.00 e. The summed E-state index contributed by atoms with van der Waals surface area (Å²) < 4.78 is 0. The highest BCUT2D eigenvalue weighted by Crippen LogP contribution is 2.39. The number of para-hydroxylation sites is 2. The summed E-state index contributed by atoms with van der Waals surface area (Å²) >= 11 is 0. The Hall–Kier alpha value is -2.25. The zero-order chi connectivity index (χ0) is 16.0. The van der Waals surface area contributed by atoms with Crippen LogP contribution in [0.5, 0.6) is 11.5 Å². The normalized spacial score (nSPS) is 18.1. The lowest BCUT2D eigenvalue weighted by molar-refractivity contribution is -0.0000140. The fourth-order valence-electron chi connectivity index (χ4n) is 3.27. The zero-order valence-corrected chi connectivity index (χ0v) is 14.4. The number of carbonyl (C=O) groups is 1. The second-order valence-corrected chi connectivity index (χ2v) is 5.76. The van der Waals surface area contributed by atoms with Gasteiger partial charge in [0.1, 0.15) is 0 Å². The average Bonchev–Trinajstić information content (AvgIpc) is 3.13. The van der Waals surface area contributed by atoms with Crippen molar-refractivity contribution in [2.45, 2.75) is 6.29 Å². The van der Waals surface area contributed by atoms with E-state index in [2.05, 4.69) is 16.3 Å². The molecule has 24 heavy (non-hydrogen) atoms. The minimum atomic E-state index is -0.279. The molecule has 1 unspecified atom stereocenters. The van der Waals surface area contributed by atoms with Gasteiger partial charge < -0.3 is 37.0 Å². The molecule has 0 radical (unpaired) electrons. The first kappa shape index (κ1) is 16.6. The Bertz CT molecular complexity index is 783.